The van der Waals surface area contributed by atoms with E-state index in [9.17, 15) is 0 Å². The Morgan fingerprint density at radius 2 is 1.62 bits per heavy atom. The maximum absolute atomic E-state index is 6.34. The molecule has 1 nitrogen and oxygen atoms in total. The van der Waals surface area contributed by atoms with Crippen LogP contribution in [0.1, 0.15) is 0 Å². The molecule has 16 heavy (non-hydrogen) atoms. The highest BCUT2D eigenvalue weighted by Gasteiger charge is 2.16. The molecule has 0 saturated heterocycles. The third kappa shape index (κ3) is 1.75. The van der Waals surface area contributed by atoms with Crippen molar-refractivity contribution in [1.29, 1.82) is 0 Å². The molecule has 2 aromatic carbocycles. The molecule has 0 aliphatic carbocycles. The Kier molecular flexibility index (Phi) is 3.53. The van der Waals surface area contributed by atoms with Crippen LogP contribution in [0, 0.1) is 0 Å². The molecule has 0 saturated carbocycles. The number of rotatable bonds is 2. The summed E-state index contributed by atoms with van der Waals surface area (Å²) in [5.41, 5.74) is 0. The van der Waals surface area contributed by atoms with Crippen molar-refractivity contribution in [3.8, 4) is 5.75 Å². The average Bonchev–Trinajstić information content (AvgIpc) is 2.33. The molecule has 4 heteroatoms. The third-order valence-corrected chi connectivity index (χ3v) is 4.09. The fraction of sp³-hybridized carbons (Fsp3) is 0.167. The predicted molar refractivity (Wildman–Crippen MR) is 72.3 cm³/mol. The van der Waals surface area contributed by atoms with Crippen molar-refractivity contribution in [3.05, 3.63) is 34.3 Å². The Bertz CT molecular complexity index is 492. The van der Waals surface area contributed by atoms with Crippen LogP contribution in [0.15, 0.2) is 29.2 Å². The van der Waals surface area contributed by atoms with E-state index in [1.165, 1.54) is 11.8 Å². The van der Waals surface area contributed by atoms with Crippen LogP contribution >= 0.6 is 35.0 Å². The lowest BCUT2D eigenvalue weighted by Crippen LogP contribution is -1.90. The lowest BCUT2D eigenvalue weighted by atomic mass is 10.1. The summed E-state index contributed by atoms with van der Waals surface area (Å²) in [5.74, 6) is 0.651. The minimum atomic E-state index is 0.617. The fourth-order valence-electron chi connectivity index (χ4n) is 1.67. The van der Waals surface area contributed by atoms with E-state index < -0.39 is 0 Å². The first-order valence-corrected chi connectivity index (χ1v) is 6.66. The van der Waals surface area contributed by atoms with E-state index in [4.69, 9.17) is 27.9 Å². The maximum Gasteiger partial charge on any atom is 0.153 e. The van der Waals surface area contributed by atoms with E-state index >= 15 is 0 Å². The quantitative estimate of drug-likeness (QED) is 0.721. The fourth-order valence-corrected chi connectivity index (χ4v) is 3.21. The Balaban J connectivity index is 2.93. The van der Waals surface area contributed by atoms with Crippen LogP contribution in [0.4, 0.5) is 0 Å². The second-order valence-corrected chi connectivity index (χ2v) is 4.81. The van der Waals surface area contributed by atoms with Crippen molar-refractivity contribution in [2.45, 2.75) is 4.90 Å². The molecule has 0 unspecified atom stereocenters. The predicted octanol–water partition coefficient (Wildman–Crippen LogP) is 4.88. The van der Waals surface area contributed by atoms with Gasteiger partial charge in [0.1, 0.15) is 0 Å². The maximum atomic E-state index is 6.34. The zero-order valence-corrected chi connectivity index (χ0v) is 11.2. The number of halogens is 2. The van der Waals surface area contributed by atoms with Crippen LogP contribution in [0.5, 0.6) is 5.75 Å². The number of hydrogen-bond donors (Lipinski definition) is 0. The third-order valence-electron chi connectivity index (χ3n) is 2.41. The molecule has 2 rings (SSSR count). The Morgan fingerprint density at radius 1 is 1.06 bits per heavy atom. The molecular weight excluding hydrogens is 263 g/mol. The topological polar surface area (TPSA) is 9.23 Å². The summed E-state index contributed by atoms with van der Waals surface area (Å²) >= 11 is 14.2. The average molecular weight is 273 g/mol. The highest BCUT2D eigenvalue weighted by molar-refractivity contribution is 7.98. The van der Waals surface area contributed by atoms with E-state index in [0.29, 0.717) is 15.8 Å². The highest BCUT2D eigenvalue weighted by atomic mass is 35.5. The second kappa shape index (κ2) is 4.74. The van der Waals surface area contributed by atoms with E-state index in [-0.39, 0.29) is 0 Å². The molecule has 0 atom stereocenters. The smallest absolute Gasteiger partial charge is 0.153 e. The Hall–Kier alpha value is -0.570. The second-order valence-electron chi connectivity index (χ2n) is 3.24. The van der Waals surface area contributed by atoms with Gasteiger partial charge < -0.3 is 4.74 Å². The minimum Gasteiger partial charge on any atom is -0.494 e. The number of fused-ring (bicyclic) bond motifs is 1. The van der Waals surface area contributed by atoms with Gasteiger partial charge in [-0.15, -0.1) is 11.8 Å². The van der Waals surface area contributed by atoms with Crippen LogP contribution in [0.25, 0.3) is 10.8 Å². The molecule has 0 spiro atoms. The summed E-state index contributed by atoms with van der Waals surface area (Å²) in [6.45, 7) is 0. The van der Waals surface area contributed by atoms with Gasteiger partial charge in [0.2, 0.25) is 0 Å². The van der Waals surface area contributed by atoms with Crippen LogP contribution in [0.3, 0.4) is 0 Å². The molecule has 0 N–H and O–H groups in total. The SMILES string of the molecule is COc1c(SC)c(Cl)c2ccccc2c1Cl. The summed E-state index contributed by atoms with van der Waals surface area (Å²) in [5, 5.41) is 3.19. The van der Waals surface area contributed by atoms with Gasteiger partial charge in [0.15, 0.2) is 5.75 Å². The van der Waals surface area contributed by atoms with E-state index in [1.54, 1.807) is 7.11 Å². The molecule has 84 valence electrons. The molecule has 0 aliphatic rings. The number of ether oxygens (including phenoxy) is 1. The summed E-state index contributed by atoms with van der Waals surface area (Å²) in [4.78, 5) is 0.882. The van der Waals surface area contributed by atoms with Crippen LogP contribution in [0.2, 0.25) is 10.0 Å². The number of benzene rings is 2. The first kappa shape index (κ1) is 11.9. The first-order chi connectivity index (χ1) is 7.70. The number of hydrogen-bond acceptors (Lipinski definition) is 2. The summed E-state index contributed by atoms with van der Waals surface area (Å²) in [7, 11) is 1.60. The monoisotopic (exact) mass is 272 g/mol. The van der Waals surface area contributed by atoms with E-state index in [2.05, 4.69) is 0 Å². The molecule has 0 fully saturated rings. The van der Waals surface area contributed by atoms with Gasteiger partial charge in [-0.25, -0.2) is 0 Å². The molecule has 0 aliphatic heterocycles. The largest absolute Gasteiger partial charge is 0.494 e. The summed E-state index contributed by atoms with van der Waals surface area (Å²) in [6.07, 6.45) is 1.95. The molecule has 0 radical (unpaired) electrons. The number of methoxy groups -OCH3 is 1. The molecule has 0 aromatic heterocycles. The van der Waals surface area contributed by atoms with Crippen LogP contribution in [-0.2, 0) is 0 Å². The van der Waals surface area contributed by atoms with Crippen molar-refractivity contribution in [1.82, 2.24) is 0 Å². The molecule has 0 bridgehead atoms. The van der Waals surface area contributed by atoms with Gasteiger partial charge in [0.05, 0.1) is 22.1 Å². The molecule has 0 amide bonds. The first-order valence-electron chi connectivity index (χ1n) is 4.68. The van der Waals surface area contributed by atoms with Crippen molar-refractivity contribution in [3.63, 3.8) is 0 Å². The highest BCUT2D eigenvalue weighted by Crippen LogP contribution is 2.45. The minimum absolute atomic E-state index is 0.617. The van der Waals surface area contributed by atoms with Crippen molar-refractivity contribution < 1.29 is 4.74 Å². The zero-order chi connectivity index (χ0) is 11.7. The van der Waals surface area contributed by atoms with Gasteiger partial charge in [-0.2, -0.15) is 0 Å². The van der Waals surface area contributed by atoms with Gasteiger partial charge in [-0.05, 0) is 6.26 Å². The normalized spacial score (nSPS) is 10.8. The van der Waals surface area contributed by atoms with E-state index in [1.807, 2.05) is 30.5 Å². The van der Waals surface area contributed by atoms with Gasteiger partial charge in [-0.3, -0.25) is 0 Å². The summed E-state index contributed by atoms with van der Waals surface area (Å²) in [6, 6.07) is 7.78. The van der Waals surface area contributed by atoms with Crippen LogP contribution < -0.4 is 4.74 Å². The molecular formula is C12H10Cl2OS. The van der Waals surface area contributed by atoms with Gasteiger partial charge in [0, 0.05) is 10.8 Å². The molecule has 0 heterocycles. The number of thioether (sulfide) groups is 1. The summed E-state index contributed by atoms with van der Waals surface area (Å²) < 4.78 is 5.32. The van der Waals surface area contributed by atoms with Gasteiger partial charge in [0.25, 0.3) is 0 Å². The van der Waals surface area contributed by atoms with Crippen molar-refractivity contribution in [2.24, 2.45) is 0 Å². The Morgan fingerprint density at radius 3 is 2.12 bits per heavy atom. The van der Waals surface area contributed by atoms with Gasteiger partial charge in [-0.1, -0.05) is 47.5 Å². The van der Waals surface area contributed by atoms with Gasteiger partial charge >= 0.3 is 0 Å². The van der Waals surface area contributed by atoms with Crippen LogP contribution in [-0.4, -0.2) is 13.4 Å². The van der Waals surface area contributed by atoms with E-state index in [0.717, 1.165) is 15.7 Å². The van der Waals surface area contributed by atoms with Crippen molar-refractivity contribution in [2.75, 3.05) is 13.4 Å². The van der Waals surface area contributed by atoms with Crippen molar-refractivity contribution >= 4 is 45.7 Å². The molecule has 2 aromatic rings. The standard InChI is InChI=1S/C12H10Cl2OS/c1-15-11-9(13)7-5-3-4-6-8(7)10(14)12(11)16-2/h3-6H,1-2H3. The lowest BCUT2D eigenvalue weighted by molar-refractivity contribution is 0.406. The Labute approximate surface area is 109 Å². The lowest BCUT2D eigenvalue weighted by Gasteiger charge is -2.13. The zero-order valence-electron chi connectivity index (χ0n) is 8.88.